The predicted octanol–water partition coefficient (Wildman–Crippen LogP) is 3.70. The Labute approximate surface area is 129 Å². The van der Waals surface area contributed by atoms with Crippen LogP contribution in [-0.4, -0.2) is 18.2 Å². The van der Waals surface area contributed by atoms with Crippen LogP contribution in [0.4, 0.5) is 0 Å². The van der Waals surface area contributed by atoms with Crippen LogP contribution in [-0.2, 0) is 0 Å². The largest absolute Gasteiger partial charge is 0.496 e. The summed E-state index contributed by atoms with van der Waals surface area (Å²) in [6, 6.07) is 13.3. The molecule has 0 aliphatic heterocycles. The fourth-order valence-corrected chi connectivity index (χ4v) is 3.28. The molecule has 3 N–H and O–H groups in total. The Morgan fingerprint density at radius 3 is 2.70 bits per heavy atom. The summed E-state index contributed by atoms with van der Waals surface area (Å²) in [5.74, 6) is 0.859. The maximum absolute atomic E-state index is 8.87. The van der Waals surface area contributed by atoms with Gasteiger partial charge in [-0.2, -0.15) is 0 Å². The molecule has 0 unspecified atom stereocenters. The molecule has 0 spiro atoms. The van der Waals surface area contributed by atoms with Gasteiger partial charge in [0.2, 0.25) is 0 Å². The zero-order chi connectivity index (χ0) is 14.5. The molecule has 0 amide bonds. The average molecular weight is 353 g/mol. The fraction of sp³-hybridized carbons (Fsp3) is 0.0714. The fourth-order valence-electron chi connectivity index (χ4n) is 1.67. The molecule has 0 atom stereocenters. The number of ether oxygens (including phenoxy) is 1. The summed E-state index contributed by atoms with van der Waals surface area (Å²) in [5, 5.41) is 11.9. The van der Waals surface area contributed by atoms with Crippen LogP contribution in [0.1, 0.15) is 5.56 Å². The minimum Gasteiger partial charge on any atom is -0.496 e. The van der Waals surface area contributed by atoms with Gasteiger partial charge in [0.15, 0.2) is 5.84 Å². The third-order valence-electron chi connectivity index (χ3n) is 2.62. The van der Waals surface area contributed by atoms with E-state index in [9.17, 15) is 0 Å². The zero-order valence-electron chi connectivity index (χ0n) is 10.7. The van der Waals surface area contributed by atoms with Gasteiger partial charge in [-0.05, 0) is 30.3 Å². The van der Waals surface area contributed by atoms with E-state index in [0.717, 1.165) is 20.0 Å². The van der Waals surface area contributed by atoms with Crippen molar-refractivity contribution in [2.24, 2.45) is 10.9 Å². The molecule has 0 aliphatic rings. The summed E-state index contributed by atoms with van der Waals surface area (Å²) in [4.78, 5) is 1.83. The molecule has 4 nitrogen and oxygen atoms in total. The average Bonchev–Trinajstić information content (AvgIpc) is 2.47. The standard InChI is InChI=1S/C14H13BrN2O2S/c1-19-11-4-2-3-5-12(11)20-13-8-9(15)6-7-10(13)14(16)17-18/h2-8,18H,1H3,(H2,16,17). The van der Waals surface area contributed by atoms with Crippen LogP contribution in [0.5, 0.6) is 5.75 Å². The van der Waals surface area contributed by atoms with Crippen molar-refractivity contribution in [1.82, 2.24) is 0 Å². The highest BCUT2D eigenvalue weighted by Gasteiger charge is 2.11. The number of oxime groups is 1. The number of hydrogen-bond donors (Lipinski definition) is 2. The molecule has 6 heteroatoms. The van der Waals surface area contributed by atoms with Crippen molar-refractivity contribution < 1.29 is 9.94 Å². The molecule has 0 radical (unpaired) electrons. The van der Waals surface area contributed by atoms with Crippen molar-refractivity contribution in [3.63, 3.8) is 0 Å². The normalized spacial score (nSPS) is 11.4. The highest BCUT2D eigenvalue weighted by molar-refractivity contribution is 9.10. The van der Waals surface area contributed by atoms with Crippen LogP contribution in [0.25, 0.3) is 0 Å². The Kier molecular flexibility index (Phi) is 4.92. The molecule has 2 rings (SSSR count). The van der Waals surface area contributed by atoms with Crippen molar-refractivity contribution in [3.8, 4) is 5.75 Å². The van der Waals surface area contributed by atoms with E-state index in [4.69, 9.17) is 15.7 Å². The summed E-state index contributed by atoms with van der Waals surface area (Å²) in [6.45, 7) is 0. The molecule has 0 bridgehead atoms. The third-order valence-corrected chi connectivity index (χ3v) is 4.22. The molecule has 0 saturated heterocycles. The van der Waals surface area contributed by atoms with E-state index >= 15 is 0 Å². The summed E-state index contributed by atoms with van der Waals surface area (Å²) in [6.07, 6.45) is 0. The number of benzene rings is 2. The van der Waals surface area contributed by atoms with Gasteiger partial charge in [-0.15, -0.1) is 0 Å². The molecule has 2 aromatic carbocycles. The Morgan fingerprint density at radius 2 is 2.00 bits per heavy atom. The second-order valence-corrected chi connectivity index (χ2v) is 5.88. The van der Waals surface area contributed by atoms with Crippen LogP contribution in [0.2, 0.25) is 0 Å². The number of nitrogens with two attached hydrogens (primary N) is 1. The van der Waals surface area contributed by atoms with Crippen LogP contribution < -0.4 is 10.5 Å². The van der Waals surface area contributed by atoms with Gasteiger partial charge < -0.3 is 15.7 Å². The van der Waals surface area contributed by atoms with E-state index in [1.165, 1.54) is 11.8 Å². The molecular formula is C14H13BrN2O2S. The highest BCUT2D eigenvalue weighted by atomic mass is 79.9. The third kappa shape index (κ3) is 3.26. The molecule has 0 heterocycles. The number of para-hydroxylation sites is 1. The lowest BCUT2D eigenvalue weighted by molar-refractivity contribution is 0.318. The molecule has 0 saturated carbocycles. The predicted molar refractivity (Wildman–Crippen MR) is 83.8 cm³/mol. The van der Waals surface area contributed by atoms with Crippen molar-refractivity contribution in [2.45, 2.75) is 9.79 Å². The van der Waals surface area contributed by atoms with Crippen LogP contribution in [0, 0.1) is 0 Å². The van der Waals surface area contributed by atoms with Crippen molar-refractivity contribution >= 4 is 33.5 Å². The molecule has 20 heavy (non-hydrogen) atoms. The van der Waals surface area contributed by atoms with Gasteiger partial charge >= 0.3 is 0 Å². The second-order valence-electron chi connectivity index (χ2n) is 3.88. The second kappa shape index (κ2) is 6.67. The van der Waals surface area contributed by atoms with Crippen molar-refractivity contribution in [3.05, 3.63) is 52.5 Å². The Bertz CT molecular complexity index is 647. The maximum atomic E-state index is 8.87. The summed E-state index contributed by atoms with van der Waals surface area (Å²) in [7, 11) is 1.63. The lowest BCUT2D eigenvalue weighted by atomic mass is 10.2. The van der Waals surface area contributed by atoms with Gasteiger partial charge in [-0.1, -0.05) is 45.0 Å². The Morgan fingerprint density at radius 1 is 1.25 bits per heavy atom. The summed E-state index contributed by atoms with van der Waals surface area (Å²) >= 11 is 4.92. The first-order valence-electron chi connectivity index (χ1n) is 5.74. The number of amidine groups is 1. The number of halogens is 1. The number of hydrogen-bond acceptors (Lipinski definition) is 4. The van der Waals surface area contributed by atoms with Gasteiger partial charge in [0.25, 0.3) is 0 Å². The number of nitrogens with zero attached hydrogens (tertiary/aromatic N) is 1. The first-order chi connectivity index (χ1) is 9.65. The Hall–Kier alpha value is -1.66. The lowest BCUT2D eigenvalue weighted by Gasteiger charge is -2.11. The monoisotopic (exact) mass is 352 g/mol. The first kappa shape index (κ1) is 14.7. The SMILES string of the molecule is COc1ccccc1Sc1cc(Br)ccc1/C(N)=N/O. The quantitative estimate of drug-likeness (QED) is 0.381. The van der Waals surface area contributed by atoms with E-state index in [1.54, 1.807) is 13.2 Å². The van der Waals surface area contributed by atoms with Crippen molar-refractivity contribution in [2.75, 3.05) is 7.11 Å². The molecule has 0 fully saturated rings. The molecular weight excluding hydrogens is 340 g/mol. The smallest absolute Gasteiger partial charge is 0.171 e. The molecule has 104 valence electrons. The first-order valence-corrected chi connectivity index (χ1v) is 7.35. The van der Waals surface area contributed by atoms with Crippen LogP contribution in [0.3, 0.4) is 0 Å². The number of methoxy groups -OCH3 is 1. The van der Waals surface area contributed by atoms with E-state index in [2.05, 4.69) is 21.1 Å². The summed E-state index contributed by atoms with van der Waals surface area (Å²) < 4.78 is 6.25. The van der Waals surface area contributed by atoms with E-state index in [-0.39, 0.29) is 5.84 Å². The highest BCUT2D eigenvalue weighted by Crippen LogP contribution is 2.37. The van der Waals surface area contributed by atoms with Gasteiger partial charge in [-0.25, -0.2) is 0 Å². The van der Waals surface area contributed by atoms with E-state index in [0.29, 0.717) is 5.56 Å². The van der Waals surface area contributed by atoms with Gasteiger partial charge in [0.05, 0.1) is 12.0 Å². The molecule has 2 aromatic rings. The lowest BCUT2D eigenvalue weighted by Crippen LogP contribution is -2.14. The minimum absolute atomic E-state index is 0.0786. The van der Waals surface area contributed by atoms with E-state index in [1.807, 2.05) is 36.4 Å². The van der Waals surface area contributed by atoms with E-state index < -0.39 is 0 Å². The maximum Gasteiger partial charge on any atom is 0.171 e. The molecule has 0 aromatic heterocycles. The van der Waals surface area contributed by atoms with Crippen LogP contribution in [0.15, 0.2) is 61.9 Å². The summed E-state index contributed by atoms with van der Waals surface area (Å²) in [5.41, 5.74) is 6.38. The topological polar surface area (TPSA) is 67.8 Å². The minimum atomic E-state index is 0.0786. The van der Waals surface area contributed by atoms with Gasteiger partial charge in [0, 0.05) is 14.9 Å². The van der Waals surface area contributed by atoms with Crippen molar-refractivity contribution in [1.29, 1.82) is 0 Å². The Balaban J connectivity index is 2.45. The van der Waals surface area contributed by atoms with Gasteiger partial charge in [0.1, 0.15) is 5.75 Å². The molecule has 0 aliphatic carbocycles. The van der Waals surface area contributed by atoms with Gasteiger partial charge in [-0.3, -0.25) is 0 Å². The van der Waals surface area contributed by atoms with Crippen LogP contribution >= 0.6 is 27.7 Å². The zero-order valence-corrected chi connectivity index (χ0v) is 13.1. The number of rotatable bonds is 4.